The molecule has 2 rings (SSSR count). The number of hydrogen-bond acceptors (Lipinski definition) is 2. The second-order valence-corrected chi connectivity index (χ2v) is 3.80. The molecule has 1 aromatic rings. The van der Waals surface area contributed by atoms with E-state index >= 15 is 0 Å². The van der Waals surface area contributed by atoms with Gasteiger partial charge < -0.3 is 10.4 Å². The molecule has 0 aromatic heterocycles. The molecule has 1 fully saturated rings. The van der Waals surface area contributed by atoms with Crippen LogP contribution in [0.4, 0.5) is 10.1 Å². The molecular formula is C11H12FNO2. The van der Waals surface area contributed by atoms with Crippen molar-refractivity contribution in [3.63, 3.8) is 0 Å². The first-order valence-corrected chi connectivity index (χ1v) is 4.92. The summed E-state index contributed by atoms with van der Waals surface area (Å²) in [5.74, 6) is -1.32. The van der Waals surface area contributed by atoms with E-state index in [1.807, 2.05) is 0 Å². The Kier molecular flexibility index (Phi) is 2.58. The number of anilines is 1. The lowest BCUT2D eigenvalue weighted by Crippen LogP contribution is -2.05. The predicted molar refractivity (Wildman–Crippen MR) is 54.4 cm³/mol. The van der Waals surface area contributed by atoms with Crippen molar-refractivity contribution in [2.75, 3.05) is 5.32 Å². The van der Waals surface area contributed by atoms with Crippen LogP contribution in [0.2, 0.25) is 0 Å². The minimum Gasteiger partial charge on any atom is -0.481 e. The summed E-state index contributed by atoms with van der Waals surface area (Å²) in [6.07, 6.45) is 2.02. The number of benzene rings is 1. The van der Waals surface area contributed by atoms with E-state index in [1.54, 1.807) is 12.1 Å². The third-order valence-electron chi connectivity index (χ3n) is 2.33. The number of carboxylic acids is 1. The maximum absolute atomic E-state index is 13.4. The normalized spacial score (nSPS) is 15.0. The average Bonchev–Trinajstić information content (AvgIpc) is 2.92. The van der Waals surface area contributed by atoms with Crippen LogP contribution in [0.3, 0.4) is 0 Å². The van der Waals surface area contributed by atoms with Crippen LogP contribution in [0.25, 0.3) is 0 Å². The molecule has 2 N–H and O–H groups in total. The number of halogens is 1. The third-order valence-corrected chi connectivity index (χ3v) is 2.33. The fourth-order valence-electron chi connectivity index (χ4n) is 1.41. The van der Waals surface area contributed by atoms with Gasteiger partial charge in [-0.05, 0) is 30.5 Å². The number of carbonyl (C=O) groups is 1. The van der Waals surface area contributed by atoms with Gasteiger partial charge >= 0.3 is 5.97 Å². The van der Waals surface area contributed by atoms with E-state index < -0.39 is 5.97 Å². The first-order valence-electron chi connectivity index (χ1n) is 4.92. The largest absolute Gasteiger partial charge is 0.481 e. The highest BCUT2D eigenvalue weighted by molar-refractivity contribution is 5.70. The first-order chi connectivity index (χ1) is 7.15. The van der Waals surface area contributed by atoms with Crippen LogP contribution in [-0.4, -0.2) is 17.1 Å². The van der Waals surface area contributed by atoms with Gasteiger partial charge in [-0.15, -0.1) is 0 Å². The standard InChI is InChI=1S/C11H12FNO2/c12-9-5-7(6-11(14)15)1-4-10(9)13-8-2-3-8/h1,4-5,8,13H,2-3,6H2,(H,14,15). The second kappa shape index (κ2) is 3.88. The van der Waals surface area contributed by atoms with E-state index in [0.717, 1.165) is 12.8 Å². The molecule has 1 aliphatic carbocycles. The highest BCUT2D eigenvalue weighted by Crippen LogP contribution is 2.26. The zero-order valence-corrected chi connectivity index (χ0v) is 8.16. The van der Waals surface area contributed by atoms with E-state index in [9.17, 15) is 9.18 Å². The molecule has 0 atom stereocenters. The van der Waals surface area contributed by atoms with Crippen LogP contribution >= 0.6 is 0 Å². The first kappa shape index (κ1) is 9.96. The van der Waals surface area contributed by atoms with Gasteiger partial charge in [-0.3, -0.25) is 4.79 Å². The minimum atomic E-state index is -0.947. The monoisotopic (exact) mass is 209 g/mol. The van der Waals surface area contributed by atoms with Crippen LogP contribution in [0.5, 0.6) is 0 Å². The summed E-state index contributed by atoms with van der Waals surface area (Å²) >= 11 is 0. The average molecular weight is 209 g/mol. The third kappa shape index (κ3) is 2.68. The Balaban J connectivity index is 2.10. The smallest absolute Gasteiger partial charge is 0.307 e. The Bertz CT molecular complexity index is 388. The van der Waals surface area contributed by atoms with Gasteiger partial charge in [0.05, 0.1) is 12.1 Å². The summed E-state index contributed by atoms with van der Waals surface area (Å²) in [5, 5.41) is 11.6. The van der Waals surface area contributed by atoms with Gasteiger partial charge in [-0.2, -0.15) is 0 Å². The molecule has 0 radical (unpaired) electrons. The van der Waals surface area contributed by atoms with Crippen molar-refractivity contribution in [1.82, 2.24) is 0 Å². The van der Waals surface area contributed by atoms with E-state index in [-0.39, 0.29) is 12.2 Å². The van der Waals surface area contributed by atoms with Crippen molar-refractivity contribution in [2.45, 2.75) is 25.3 Å². The minimum absolute atomic E-state index is 0.138. The van der Waals surface area contributed by atoms with Gasteiger partial charge in [-0.25, -0.2) is 4.39 Å². The molecule has 1 aliphatic rings. The van der Waals surface area contributed by atoms with Gasteiger partial charge in [0, 0.05) is 6.04 Å². The van der Waals surface area contributed by atoms with E-state index in [0.29, 0.717) is 17.3 Å². The molecule has 0 bridgehead atoms. The van der Waals surface area contributed by atoms with Crippen LogP contribution in [0.15, 0.2) is 18.2 Å². The maximum atomic E-state index is 13.4. The molecule has 0 aliphatic heterocycles. The van der Waals surface area contributed by atoms with Crippen molar-refractivity contribution in [1.29, 1.82) is 0 Å². The predicted octanol–water partition coefficient (Wildman–Crippen LogP) is 2.03. The molecule has 1 saturated carbocycles. The second-order valence-electron chi connectivity index (χ2n) is 3.80. The summed E-state index contributed by atoms with van der Waals surface area (Å²) < 4.78 is 13.4. The summed E-state index contributed by atoms with van der Waals surface area (Å²) in [4.78, 5) is 10.4. The molecule has 0 saturated heterocycles. The van der Waals surface area contributed by atoms with Crippen LogP contribution in [-0.2, 0) is 11.2 Å². The number of hydrogen-bond donors (Lipinski definition) is 2. The summed E-state index contributed by atoms with van der Waals surface area (Å²) in [5.41, 5.74) is 0.952. The van der Waals surface area contributed by atoms with E-state index in [4.69, 9.17) is 5.11 Å². The Labute approximate surface area is 86.9 Å². The molecule has 80 valence electrons. The molecule has 0 unspecified atom stereocenters. The lowest BCUT2D eigenvalue weighted by molar-refractivity contribution is -0.136. The fraction of sp³-hybridized carbons (Fsp3) is 0.364. The molecule has 0 spiro atoms. The van der Waals surface area contributed by atoms with E-state index in [1.165, 1.54) is 6.07 Å². The highest BCUT2D eigenvalue weighted by Gasteiger charge is 2.22. The topological polar surface area (TPSA) is 49.3 Å². The Morgan fingerprint density at radius 3 is 2.80 bits per heavy atom. The number of rotatable bonds is 4. The lowest BCUT2D eigenvalue weighted by Gasteiger charge is -2.06. The Hall–Kier alpha value is -1.58. The van der Waals surface area contributed by atoms with Gasteiger partial charge in [0.15, 0.2) is 0 Å². The van der Waals surface area contributed by atoms with Crippen LogP contribution in [0, 0.1) is 5.82 Å². The van der Waals surface area contributed by atoms with Crippen molar-refractivity contribution in [3.8, 4) is 0 Å². The van der Waals surface area contributed by atoms with Crippen molar-refractivity contribution < 1.29 is 14.3 Å². The summed E-state index contributed by atoms with van der Waals surface area (Å²) in [6.45, 7) is 0. The molecule has 3 nitrogen and oxygen atoms in total. The number of nitrogens with one attached hydrogen (secondary N) is 1. The molecule has 0 amide bonds. The highest BCUT2D eigenvalue weighted by atomic mass is 19.1. The molecule has 15 heavy (non-hydrogen) atoms. The van der Waals surface area contributed by atoms with Crippen LogP contribution in [0.1, 0.15) is 18.4 Å². The van der Waals surface area contributed by atoms with Crippen molar-refractivity contribution in [3.05, 3.63) is 29.6 Å². The Morgan fingerprint density at radius 1 is 1.53 bits per heavy atom. The molecular weight excluding hydrogens is 197 g/mol. The zero-order valence-electron chi connectivity index (χ0n) is 8.16. The lowest BCUT2D eigenvalue weighted by atomic mass is 10.1. The van der Waals surface area contributed by atoms with E-state index in [2.05, 4.69) is 5.32 Å². The number of carboxylic acid groups (broad SMARTS) is 1. The van der Waals surface area contributed by atoms with Gasteiger partial charge in [-0.1, -0.05) is 6.07 Å². The van der Waals surface area contributed by atoms with Crippen molar-refractivity contribution in [2.24, 2.45) is 0 Å². The zero-order chi connectivity index (χ0) is 10.8. The SMILES string of the molecule is O=C(O)Cc1ccc(NC2CC2)c(F)c1. The quantitative estimate of drug-likeness (QED) is 0.797. The van der Waals surface area contributed by atoms with Gasteiger partial charge in [0.1, 0.15) is 5.82 Å². The van der Waals surface area contributed by atoms with Crippen LogP contribution < -0.4 is 5.32 Å². The fourth-order valence-corrected chi connectivity index (χ4v) is 1.41. The Morgan fingerprint density at radius 2 is 2.27 bits per heavy atom. The molecule has 4 heteroatoms. The molecule has 0 heterocycles. The number of aliphatic carboxylic acids is 1. The summed E-state index contributed by atoms with van der Waals surface area (Å²) in [7, 11) is 0. The van der Waals surface area contributed by atoms with Gasteiger partial charge in [0.2, 0.25) is 0 Å². The summed E-state index contributed by atoms with van der Waals surface area (Å²) in [6, 6.07) is 4.91. The maximum Gasteiger partial charge on any atom is 0.307 e. The molecule has 1 aromatic carbocycles. The van der Waals surface area contributed by atoms with Crippen molar-refractivity contribution >= 4 is 11.7 Å². The van der Waals surface area contributed by atoms with Gasteiger partial charge in [0.25, 0.3) is 0 Å².